The number of rotatable bonds is 2. The van der Waals surface area contributed by atoms with Gasteiger partial charge in [-0.15, -0.1) is 0 Å². The highest BCUT2D eigenvalue weighted by Crippen LogP contribution is 2.16. The number of esters is 1. The first-order valence-corrected chi connectivity index (χ1v) is 4.46. The summed E-state index contributed by atoms with van der Waals surface area (Å²) in [7, 11) is 3.82. The molecule has 0 aromatic rings. The first-order chi connectivity index (χ1) is 5.74. The monoisotopic (exact) mass is 170 g/mol. The number of piperidine rings is 1. The molecule has 0 aliphatic carbocycles. The maximum absolute atomic E-state index is 11.3. The fraction of sp³-hybridized carbons (Fsp3) is 0.778. The van der Waals surface area contributed by atoms with Crippen molar-refractivity contribution in [1.82, 2.24) is 4.90 Å². The minimum atomic E-state index is -0.0640. The lowest BCUT2D eigenvalue weighted by Gasteiger charge is -2.27. The van der Waals surface area contributed by atoms with Crippen molar-refractivity contribution < 1.29 is 9.53 Å². The zero-order valence-electron chi connectivity index (χ0n) is 7.58. The second kappa shape index (κ2) is 4.45. The van der Waals surface area contributed by atoms with Crippen molar-refractivity contribution >= 4 is 5.97 Å². The lowest BCUT2D eigenvalue weighted by Crippen LogP contribution is -2.35. The molecule has 69 valence electrons. The molecule has 1 radical (unpaired) electrons. The van der Waals surface area contributed by atoms with Gasteiger partial charge in [0.05, 0.1) is 12.5 Å². The molecule has 0 bridgehead atoms. The number of ether oxygens (including phenoxy) is 1. The fourth-order valence-electron chi connectivity index (χ4n) is 1.51. The van der Waals surface area contributed by atoms with Gasteiger partial charge in [0.15, 0.2) is 0 Å². The van der Waals surface area contributed by atoms with E-state index in [9.17, 15) is 4.79 Å². The second-order valence-corrected chi connectivity index (χ2v) is 3.17. The topological polar surface area (TPSA) is 29.5 Å². The molecule has 0 amide bonds. The third-order valence-corrected chi connectivity index (χ3v) is 2.13. The minimum Gasteiger partial charge on any atom is -0.466 e. The Morgan fingerprint density at radius 2 is 2.50 bits per heavy atom. The first kappa shape index (κ1) is 9.52. The Morgan fingerprint density at radius 3 is 3.08 bits per heavy atom. The summed E-state index contributed by atoms with van der Waals surface area (Å²) < 4.78 is 4.94. The van der Waals surface area contributed by atoms with Gasteiger partial charge >= 0.3 is 5.97 Å². The van der Waals surface area contributed by atoms with Crippen LogP contribution in [0.2, 0.25) is 0 Å². The van der Waals surface area contributed by atoms with Gasteiger partial charge < -0.3 is 9.64 Å². The van der Waals surface area contributed by atoms with Crippen molar-refractivity contribution in [3.8, 4) is 0 Å². The molecule has 3 nitrogen and oxygen atoms in total. The molecule has 0 saturated carbocycles. The summed E-state index contributed by atoms with van der Waals surface area (Å²) in [5.41, 5.74) is 0. The van der Waals surface area contributed by atoms with Crippen LogP contribution in [0, 0.1) is 13.0 Å². The van der Waals surface area contributed by atoms with E-state index < -0.39 is 0 Å². The van der Waals surface area contributed by atoms with E-state index in [-0.39, 0.29) is 11.9 Å². The Labute approximate surface area is 73.7 Å². The van der Waals surface area contributed by atoms with Crippen LogP contribution in [-0.4, -0.2) is 30.6 Å². The maximum atomic E-state index is 11.3. The average molecular weight is 170 g/mol. The van der Waals surface area contributed by atoms with E-state index in [2.05, 4.69) is 7.05 Å². The molecule has 0 aromatic carbocycles. The van der Waals surface area contributed by atoms with Gasteiger partial charge in [-0.1, -0.05) is 0 Å². The van der Waals surface area contributed by atoms with E-state index in [0.29, 0.717) is 6.61 Å². The Morgan fingerprint density at radius 1 is 1.75 bits per heavy atom. The van der Waals surface area contributed by atoms with E-state index in [4.69, 9.17) is 4.74 Å². The van der Waals surface area contributed by atoms with Crippen molar-refractivity contribution in [2.24, 2.45) is 5.92 Å². The Bertz CT molecular complexity index is 159. The van der Waals surface area contributed by atoms with Crippen molar-refractivity contribution in [2.45, 2.75) is 19.8 Å². The molecule has 1 aliphatic heterocycles. The van der Waals surface area contributed by atoms with Gasteiger partial charge in [-0.2, -0.15) is 0 Å². The smallest absolute Gasteiger partial charge is 0.310 e. The zero-order chi connectivity index (χ0) is 8.97. The van der Waals surface area contributed by atoms with Gasteiger partial charge in [-0.05, 0) is 26.3 Å². The number of hydrogen-bond acceptors (Lipinski definition) is 3. The van der Waals surface area contributed by atoms with Crippen LogP contribution in [0.5, 0.6) is 0 Å². The summed E-state index contributed by atoms with van der Waals surface area (Å²) in [6.45, 7) is 4.06. The van der Waals surface area contributed by atoms with Gasteiger partial charge in [-0.25, -0.2) is 0 Å². The normalized spacial score (nSPS) is 25.3. The van der Waals surface area contributed by atoms with Gasteiger partial charge in [0.2, 0.25) is 0 Å². The average Bonchev–Trinajstić information content (AvgIpc) is 2.05. The summed E-state index contributed by atoms with van der Waals surface area (Å²) in [5, 5.41) is 0. The third-order valence-electron chi connectivity index (χ3n) is 2.13. The van der Waals surface area contributed by atoms with Crippen LogP contribution in [0.15, 0.2) is 0 Å². The molecule has 12 heavy (non-hydrogen) atoms. The van der Waals surface area contributed by atoms with Crippen molar-refractivity contribution in [3.05, 3.63) is 7.05 Å². The number of hydrogen-bond donors (Lipinski definition) is 0. The van der Waals surface area contributed by atoms with Crippen LogP contribution in [0.4, 0.5) is 0 Å². The quantitative estimate of drug-likeness (QED) is 0.580. The molecular weight excluding hydrogens is 154 g/mol. The van der Waals surface area contributed by atoms with E-state index in [1.807, 2.05) is 11.8 Å². The summed E-state index contributed by atoms with van der Waals surface area (Å²) in [6.07, 6.45) is 2.00. The lowest BCUT2D eigenvalue weighted by atomic mass is 9.99. The SMILES string of the molecule is [CH2]N1CCCC(C(=O)OCC)C1. The van der Waals surface area contributed by atoms with Crippen LogP contribution in [0.1, 0.15) is 19.8 Å². The van der Waals surface area contributed by atoms with Crippen LogP contribution >= 0.6 is 0 Å². The van der Waals surface area contributed by atoms with Gasteiger partial charge in [-0.3, -0.25) is 4.79 Å². The molecule has 1 unspecified atom stereocenters. The highest BCUT2D eigenvalue weighted by atomic mass is 16.5. The fourth-order valence-corrected chi connectivity index (χ4v) is 1.51. The van der Waals surface area contributed by atoms with Crippen LogP contribution in [0.3, 0.4) is 0 Å². The number of carbonyl (C=O) groups excluding carboxylic acids is 1. The highest BCUT2D eigenvalue weighted by molar-refractivity contribution is 5.72. The van der Waals surface area contributed by atoms with Gasteiger partial charge in [0, 0.05) is 13.6 Å². The molecular formula is C9H16NO2. The summed E-state index contributed by atoms with van der Waals surface area (Å²) in [6, 6.07) is 0. The molecule has 1 aliphatic rings. The minimum absolute atomic E-state index is 0.0520. The standard InChI is InChI=1S/C9H16NO2/c1-3-12-9(11)8-5-4-6-10(2)7-8/h8H,2-7H2,1H3. The van der Waals surface area contributed by atoms with Crippen LogP contribution in [-0.2, 0) is 9.53 Å². The predicted molar refractivity (Wildman–Crippen MR) is 46.3 cm³/mol. The van der Waals surface area contributed by atoms with Crippen molar-refractivity contribution in [1.29, 1.82) is 0 Å². The third kappa shape index (κ3) is 2.48. The molecule has 1 atom stereocenters. The molecule has 3 heteroatoms. The van der Waals surface area contributed by atoms with E-state index in [0.717, 1.165) is 25.9 Å². The first-order valence-electron chi connectivity index (χ1n) is 4.46. The largest absolute Gasteiger partial charge is 0.466 e. The second-order valence-electron chi connectivity index (χ2n) is 3.17. The predicted octanol–water partition coefficient (Wildman–Crippen LogP) is 1.05. The van der Waals surface area contributed by atoms with E-state index in [1.54, 1.807) is 0 Å². The van der Waals surface area contributed by atoms with Gasteiger partial charge in [0.1, 0.15) is 0 Å². The Kier molecular flexibility index (Phi) is 3.53. The highest BCUT2D eigenvalue weighted by Gasteiger charge is 2.24. The van der Waals surface area contributed by atoms with Gasteiger partial charge in [0.25, 0.3) is 0 Å². The summed E-state index contributed by atoms with van der Waals surface area (Å²) >= 11 is 0. The molecule has 1 heterocycles. The molecule has 0 N–H and O–H groups in total. The number of carbonyl (C=O) groups is 1. The Balaban J connectivity index is 2.35. The molecule has 1 fully saturated rings. The van der Waals surface area contributed by atoms with E-state index in [1.165, 1.54) is 0 Å². The Hall–Kier alpha value is -0.570. The molecule has 0 aromatic heterocycles. The molecule has 0 spiro atoms. The van der Waals surface area contributed by atoms with Crippen molar-refractivity contribution in [3.63, 3.8) is 0 Å². The van der Waals surface area contributed by atoms with E-state index >= 15 is 0 Å². The van der Waals surface area contributed by atoms with Crippen LogP contribution < -0.4 is 0 Å². The zero-order valence-corrected chi connectivity index (χ0v) is 7.58. The molecule has 1 saturated heterocycles. The molecule has 1 rings (SSSR count). The lowest BCUT2D eigenvalue weighted by molar-refractivity contribution is -0.149. The number of nitrogens with zero attached hydrogens (tertiary/aromatic N) is 1. The maximum Gasteiger partial charge on any atom is 0.310 e. The summed E-state index contributed by atoms with van der Waals surface area (Å²) in [4.78, 5) is 13.2. The van der Waals surface area contributed by atoms with Crippen LogP contribution in [0.25, 0.3) is 0 Å². The van der Waals surface area contributed by atoms with Crippen molar-refractivity contribution in [2.75, 3.05) is 19.7 Å². The summed E-state index contributed by atoms with van der Waals surface area (Å²) in [5.74, 6) is -0.0120. The number of likely N-dealkylation sites (tertiary alicyclic amines) is 1.